The third-order valence-electron chi connectivity index (χ3n) is 7.92. The van der Waals surface area contributed by atoms with Crippen LogP contribution in [0.1, 0.15) is 36.3 Å². The van der Waals surface area contributed by atoms with Gasteiger partial charge in [0.2, 0.25) is 0 Å². The molecule has 1 N–H and O–H groups in total. The van der Waals surface area contributed by atoms with Crippen molar-refractivity contribution in [2.24, 2.45) is 0 Å². The molecular weight excluding hydrogens is 494 g/mol. The number of carbonyl (C=O) groups is 1. The van der Waals surface area contributed by atoms with Crippen molar-refractivity contribution in [3.8, 4) is 28.7 Å². The number of Topliss-reactive ketones (excluding diaryl/α,β-unsaturated/α-hetero) is 1. The number of carbonyl (C=O) groups excluding carboxylic acids is 1. The molecule has 0 saturated heterocycles. The number of hydrogen-bond donors (Lipinski definition) is 1. The van der Waals surface area contributed by atoms with Crippen molar-refractivity contribution in [1.29, 1.82) is 0 Å². The highest BCUT2D eigenvalue weighted by Crippen LogP contribution is 2.53. The molecule has 0 fully saturated rings. The highest BCUT2D eigenvalue weighted by Gasteiger charge is 2.37. The Hall–Kier alpha value is -4.39. The molecule has 0 amide bonds. The van der Waals surface area contributed by atoms with Gasteiger partial charge in [-0.1, -0.05) is 12.1 Å². The second kappa shape index (κ2) is 9.73. The number of nitrogens with one attached hydrogen (secondary N) is 1. The summed E-state index contributed by atoms with van der Waals surface area (Å²) >= 11 is 0. The largest absolute Gasteiger partial charge is 0.497 e. The lowest BCUT2D eigenvalue weighted by atomic mass is 9.73. The highest BCUT2D eigenvalue weighted by molar-refractivity contribution is 6.19. The Morgan fingerprint density at radius 1 is 0.667 bits per heavy atom. The van der Waals surface area contributed by atoms with E-state index in [0.717, 1.165) is 68.2 Å². The topological polar surface area (TPSA) is 75.3 Å². The molecule has 7 heteroatoms. The van der Waals surface area contributed by atoms with E-state index in [2.05, 4.69) is 17.4 Å². The van der Waals surface area contributed by atoms with Crippen molar-refractivity contribution >= 4 is 33.0 Å². The summed E-state index contributed by atoms with van der Waals surface area (Å²) in [5.74, 6) is 3.19. The summed E-state index contributed by atoms with van der Waals surface area (Å²) < 4.78 is 28.3. The Labute approximate surface area is 227 Å². The maximum Gasteiger partial charge on any atom is 0.161 e. The van der Waals surface area contributed by atoms with Gasteiger partial charge in [0.05, 0.1) is 41.2 Å². The van der Waals surface area contributed by atoms with E-state index in [9.17, 15) is 4.79 Å². The van der Waals surface area contributed by atoms with Crippen LogP contribution in [0.15, 0.2) is 59.8 Å². The van der Waals surface area contributed by atoms with Crippen LogP contribution in [0.2, 0.25) is 0 Å². The van der Waals surface area contributed by atoms with E-state index in [1.54, 1.807) is 35.5 Å². The zero-order valence-corrected chi connectivity index (χ0v) is 22.8. The fourth-order valence-electron chi connectivity index (χ4n) is 6.10. The van der Waals surface area contributed by atoms with Crippen molar-refractivity contribution in [1.82, 2.24) is 0 Å². The number of rotatable bonds is 6. The van der Waals surface area contributed by atoms with Crippen LogP contribution in [0, 0.1) is 0 Å². The lowest BCUT2D eigenvalue weighted by Crippen LogP contribution is -2.27. The van der Waals surface area contributed by atoms with Crippen molar-refractivity contribution in [2.45, 2.75) is 25.2 Å². The zero-order chi connectivity index (χ0) is 27.3. The van der Waals surface area contributed by atoms with Gasteiger partial charge in [0.15, 0.2) is 28.8 Å². The summed E-state index contributed by atoms with van der Waals surface area (Å²) in [7, 11) is 8.19. The average Bonchev–Trinajstić information content (AvgIpc) is 2.98. The fraction of sp³-hybridized carbons (Fsp3) is 0.281. The van der Waals surface area contributed by atoms with Gasteiger partial charge in [-0.2, -0.15) is 0 Å². The van der Waals surface area contributed by atoms with Crippen LogP contribution in [-0.2, 0) is 4.79 Å². The number of hydrogen-bond acceptors (Lipinski definition) is 7. The van der Waals surface area contributed by atoms with Gasteiger partial charge >= 0.3 is 0 Å². The second-order valence-electron chi connectivity index (χ2n) is 9.79. The molecule has 1 heterocycles. The Bertz CT molecular complexity index is 1650. The molecule has 39 heavy (non-hydrogen) atoms. The summed E-state index contributed by atoms with van der Waals surface area (Å²) in [5.41, 5.74) is 4.81. The Kier molecular flexibility index (Phi) is 6.22. The van der Waals surface area contributed by atoms with E-state index < -0.39 is 0 Å². The molecule has 4 aromatic rings. The Balaban J connectivity index is 1.79. The fourth-order valence-corrected chi connectivity index (χ4v) is 6.10. The third-order valence-corrected chi connectivity index (χ3v) is 7.92. The molecule has 0 spiro atoms. The maximum absolute atomic E-state index is 13.5. The molecule has 1 aliphatic carbocycles. The third kappa shape index (κ3) is 3.83. The van der Waals surface area contributed by atoms with Crippen molar-refractivity contribution in [3.05, 3.63) is 70.9 Å². The summed E-state index contributed by atoms with van der Waals surface area (Å²) in [6.07, 6.45) is 2.17. The Morgan fingerprint density at radius 3 is 1.77 bits per heavy atom. The van der Waals surface area contributed by atoms with Crippen LogP contribution in [0.3, 0.4) is 0 Å². The van der Waals surface area contributed by atoms with Gasteiger partial charge in [-0.15, -0.1) is 0 Å². The summed E-state index contributed by atoms with van der Waals surface area (Å²) in [6.45, 7) is 0. The summed E-state index contributed by atoms with van der Waals surface area (Å²) in [6, 6.07) is 16.0. The number of ether oxygens (including phenoxy) is 5. The van der Waals surface area contributed by atoms with Crippen LogP contribution < -0.4 is 29.0 Å². The molecule has 0 aromatic heterocycles. The first-order chi connectivity index (χ1) is 19.0. The van der Waals surface area contributed by atoms with Crippen molar-refractivity contribution < 1.29 is 28.5 Å². The molecule has 1 aliphatic heterocycles. The van der Waals surface area contributed by atoms with E-state index in [0.29, 0.717) is 29.4 Å². The second-order valence-corrected chi connectivity index (χ2v) is 9.79. The van der Waals surface area contributed by atoms with Crippen LogP contribution in [0.5, 0.6) is 28.7 Å². The average molecular weight is 526 g/mol. The maximum atomic E-state index is 13.5. The van der Waals surface area contributed by atoms with Crippen molar-refractivity contribution in [2.75, 3.05) is 40.9 Å². The predicted octanol–water partition coefficient (Wildman–Crippen LogP) is 6.60. The quantitative estimate of drug-likeness (QED) is 0.284. The molecule has 6 rings (SSSR count). The molecule has 2 aliphatic rings. The van der Waals surface area contributed by atoms with Crippen LogP contribution in [0.4, 0.5) is 5.69 Å². The number of allylic oxidation sites excluding steroid dienone is 2. The van der Waals surface area contributed by atoms with E-state index >= 15 is 0 Å². The molecule has 0 radical (unpaired) electrons. The smallest absolute Gasteiger partial charge is 0.161 e. The van der Waals surface area contributed by atoms with Gasteiger partial charge in [0.25, 0.3) is 0 Å². The highest BCUT2D eigenvalue weighted by atomic mass is 16.5. The minimum absolute atomic E-state index is 0.177. The number of anilines is 1. The lowest BCUT2D eigenvalue weighted by molar-refractivity contribution is -0.116. The first-order valence-electron chi connectivity index (χ1n) is 13.0. The van der Waals surface area contributed by atoms with Gasteiger partial charge < -0.3 is 29.0 Å². The van der Waals surface area contributed by atoms with Gasteiger partial charge in [-0.05, 0) is 76.5 Å². The zero-order valence-electron chi connectivity index (χ0n) is 22.8. The molecule has 1 atom stereocenters. The molecule has 0 bridgehead atoms. The molecule has 1 unspecified atom stereocenters. The van der Waals surface area contributed by atoms with Gasteiger partial charge in [-0.3, -0.25) is 4.79 Å². The summed E-state index contributed by atoms with van der Waals surface area (Å²) in [4.78, 5) is 13.5. The SMILES string of the molecule is COc1ccc(C2C3=C(CCCC3=O)Nc3c2c2cc(OC)c(OC)cc2c2cc(OC)c(OC)cc32)cc1. The molecule has 200 valence electrons. The normalized spacial score (nSPS) is 16.4. The first-order valence-corrected chi connectivity index (χ1v) is 13.0. The van der Waals surface area contributed by atoms with E-state index in [-0.39, 0.29) is 11.7 Å². The van der Waals surface area contributed by atoms with Crippen LogP contribution in [-0.4, -0.2) is 41.3 Å². The van der Waals surface area contributed by atoms with E-state index in [1.807, 2.05) is 36.4 Å². The number of fused-ring (bicyclic) bond motifs is 6. The monoisotopic (exact) mass is 525 g/mol. The predicted molar refractivity (Wildman–Crippen MR) is 152 cm³/mol. The van der Waals surface area contributed by atoms with Crippen molar-refractivity contribution in [3.63, 3.8) is 0 Å². The van der Waals surface area contributed by atoms with Crippen LogP contribution in [0.25, 0.3) is 21.5 Å². The van der Waals surface area contributed by atoms with Gasteiger partial charge in [0, 0.05) is 29.0 Å². The van der Waals surface area contributed by atoms with Gasteiger partial charge in [0.1, 0.15) is 5.75 Å². The molecular formula is C32H31NO6. The Morgan fingerprint density at radius 2 is 1.21 bits per heavy atom. The van der Waals surface area contributed by atoms with E-state index in [1.165, 1.54) is 0 Å². The molecule has 0 saturated carbocycles. The minimum Gasteiger partial charge on any atom is -0.497 e. The number of benzene rings is 4. The van der Waals surface area contributed by atoms with Gasteiger partial charge in [-0.25, -0.2) is 0 Å². The number of ketones is 1. The summed E-state index contributed by atoms with van der Waals surface area (Å²) in [5, 5.41) is 7.61. The van der Waals surface area contributed by atoms with Crippen LogP contribution >= 0.6 is 0 Å². The minimum atomic E-state index is -0.270. The first kappa shape index (κ1) is 24.9. The molecule has 4 aromatic carbocycles. The molecule has 7 nitrogen and oxygen atoms in total. The number of methoxy groups -OCH3 is 5. The standard InChI is InChI=1S/C32H31NO6/c1-35-18-11-9-17(10-12-18)29-30-21-15-27(38-4)25(36-2)13-19(21)20-14-26(37-3)28(39-5)16-22(20)32(30)33-23-7-6-8-24(34)31(23)29/h9-16,29,33H,6-8H2,1-5H3. The van der Waals surface area contributed by atoms with E-state index in [4.69, 9.17) is 23.7 Å². The lowest BCUT2D eigenvalue weighted by Gasteiger charge is -2.36.